The summed E-state index contributed by atoms with van der Waals surface area (Å²) in [6, 6.07) is 7.80. The Bertz CT molecular complexity index is 868. The van der Waals surface area contributed by atoms with Crippen molar-refractivity contribution in [2.45, 2.75) is 32.5 Å². The number of benzene rings is 2. The van der Waals surface area contributed by atoms with Gasteiger partial charge < -0.3 is 15.2 Å². The Hall–Kier alpha value is -2.02. The van der Waals surface area contributed by atoms with Crippen LogP contribution in [0.4, 0.5) is 10.1 Å². The fourth-order valence-electron chi connectivity index (χ4n) is 2.37. The van der Waals surface area contributed by atoms with Gasteiger partial charge in [0.2, 0.25) is 12.1 Å². The molecule has 0 bridgehead atoms. The third kappa shape index (κ3) is 6.26. The number of hydrogen-bond acceptors (Lipinski definition) is 3. The number of carboxylic acid groups (broad SMARTS) is 1. The van der Waals surface area contributed by atoms with Crippen LogP contribution in [0, 0.1) is 0 Å². The number of ether oxygens (including phenoxy) is 1. The Morgan fingerprint density at radius 3 is 2.32 bits per heavy atom. The number of aliphatic carboxylic acids is 1. The number of hydrogen-bond donors (Lipinski definition) is 2. The highest BCUT2D eigenvalue weighted by atomic mass is 35.5. The molecule has 9 heteroatoms. The number of carboxylic acids is 1. The molecule has 0 fully saturated rings. The molecule has 28 heavy (non-hydrogen) atoms. The first-order valence-corrected chi connectivity index (χ1v) is 9.40. The van der Waals surface area contributed by atoms with Gasteiger partial charge in [-0.1, -0.05) is 41.7 Å². The van der Waals surface area contributed by atoms with E-state index in [9.17, 15) is 14.0 Å². The van der Waals surface area contributed by atoms with Crippen LogP contribution in [0.25, 0.3) is 0 Å². The number of alkyl halides is 1. The second-order valence-electron chi connectivity index (χ2n) is 5.94. The fraction of sp³-hybridized carbons (Fsp3) is 0.263. The van der Waals surface area contributed by atoms with Crippen molar-refractivity contribution in [2.75, 3.05) is 5.32 Å². The van der Waals surface area contributed by atoms with Crippen molar-refractivity contribution in [1.29, 1.82) is 0 Å². The van der Waals surface area contributed by atoms with Crippen molar-refractivity contribution in [2.24, 2.45) is 0 Å². The summed E-state index contributed by atoms with van der Waals surface area (Å²) in [7, 11) is 0. The molecular weight excluding hydrogens is 432 g/mol. The average Bonchev–Trinajstić information content (AvgIpc) is 2.60. The third-order valence-corrected chi connectivity index (χ3v) is 4.47. The number of nitrogens with one attached hydrogen (secondary N) is 1. The summed E-state index contributed by atoms with van der Waals surface area (Å²) in [6.45, 7) is 1.80. The van der Waals surface area contributed by atoms with Gasteiger partial charge in [-0.05, 0) is 41.5 Å². The standard InChI is InChI=1S/C19H17Cl3FNO4/c1-2-17(25)24-13-4-11(3-12(20)8-13)9-28-18-14(21)5-10(6-15(18)22)7-16(23)19(26)27/h3-6,8,16H,2,7,9H2,1H3,(H,24,25)(H,26,27). The lowest BCUT2D eigenvalue weighted by atomic mass is 10.1. The second-order valence-corrected chi connectivity index (χ2v) is 7.19. The smallest absolute Gasteiger partial charge is 0.338 e. The van der Waals surface area contributed by atoms with Crippen LogP contribution in [0.3, 0.4) is 0 Å². The molecule has 1 atom stereocenters. The normalized spacial score (nSPS) is 11.8. The summed E-state index contributed by atoms with van der Waals surface area (Å²) in [5, 5.41) is 12.0. The Balaban J connectivity index is 2.14. The molecule has 0 saturated carbocycles. The van der Waals surface area contributed by atoms with Crippen LogP contribution in [0.15, 0.2) is 30.3 Å². The predicted molar refractivity (Wildman–Crippen MR) is 107 cm³/mol. The van der Waals surface area contributed by atoms with Crippen molar-refractivity contribution >= 4 is 52.4 Å². The summed E-state index contributed by atoms with van der Waals surface area (Å²) < 4.78 is 19.0. The SMILES string of the molecule is CCC(=O)Nc1cc(Cl)cc(COc2c(Cl)cc(CC(F)C(=O)O)cc2Cl)c1. The van der Waals surface area contributed by atoms with Gasteiger partial charge in [-0.3, -0.25) is 4.79 Å². The Kier molecular flexibility index (Phi) is 7.92. The van der Waals surface area contributed by atoms with Gasteiger partial charge in [-0.15, -0.1) is 0 Å². The van der Waals surface area contributed by atoms with E-state index in [2.05, 4.69) is 5.32 Å². The van der Waals surface area contributed by atoms with Gasteiger partial charge in [0.1, 0.15) is 6.61 Å². The molecule has 1 amide bonds. The minimum absolute atomic E-state index is 0.0647. The lowest BCUT2D eigenvalue weighted by molar-refractivity contribution is -0.142. The maximum Gasteiger partial charge on any atom is 0.338 e. The van der Waals surface area contributed by atoms with E-state index in [1.165, 1.54) is 12.1 Å². The summed E-state index contributed by atoms with van der Waals surface area (Å²) in [6.07, 6.45) is -2.08. The van der Waals surface area contributed by atoms with Crippen LogP contribution in [0.1, 0.15) is 24.5 Å². The summed E-state index contributed by atoms with van der Waals surface area (Å²) >= 11 is 18.4. The molecule has 5 nitrogen and oxygen atoms in total. The Morgan fingerprint density at radius 2 is 1.75 bits per heavy atom. The maximum absolute atomic E-state index is 13.4. The molecule has 0 aliphatic carbocycles. The number of carbonyl (C=O) groups is 2. The zero-order valence-electron chi connectivity index (χ0n) is 14.8. The highest BCUT2D eigenvalue weighted by Gasteiger charge is 2.18. The van der Waals surface area contributed by atoms with Crippen LogP contribution in [0.5, 0.6) is 5.75 Å². The van der Waals surface area contributed by atoms with E-state index >= 15 is 0 Å². The molecule has 0 aliphatic heterocycles. The zero-order valence-corrected chi connectivity index (χ0v) is 17.0. The molecule has 0 spiro atoms. The molecule has 0 radical (unpaired) electrons. The van der Waals surface area contributed by atoms with Crippen molar-refractivity contribution in [3.8, 4) is 5.75 Å². The monoisotopic (exact) mass is 447 g/mol. The van der Waals surface area contributed by atoms with Gasteiger partial charge in [0.15, 0.2) is 5.75 Å². The molecular formula is C19H17Cl3FNO4. The molecule has 2 N–H and O–H groups in total. The second kappa shape index (κ2) is 9.96. The first kappa shape index (κ1) is 22.3. The van der Waals surface area contributed by atoms with E-state index in [1.54, 1.807) is 25.1 Å². The fourth-order valence-corrected chi connectivity index (χ4v) is 3.27. The van der Waals surface area contributed by atoms with Crippen LogP contribution in [0.2, 0.25) is 15.1 Å². The van der Waals surface area contributed by atoms with Crippen molar-refractivity contribution < 1.29 is 23.8 Å². The number of rotatable bonds is 8. The zero-order chi connectivity index (χ0) is 20.8. The summed E-state index contributed by atoms with van der Waals surface area (Å²) in [5.41, 5.74) is 1.54. The van der Waals surface area contributed by atoms with Crippen molar-refractivity contribution in [3.05, 3.63) is 56.5 Å². The molecule has 0 aliphatic rings. The van der Waals surface area contributed by atoms with Gasteiger partial charge in [0.25, 0.3) is 0 Å². The lowest BCUT2D eigenvalue weighted by Gasteiger charge is -2.13. The van der Waals surface area contributed by atoms with E-state index in [4.69, 9.17) is 44.6 Å². The highest BCUT2D eigenvalue weighted by molar-refractivity contribution is 6.37. The van der Waals surface area contributed by atoms with Gasteiger partial charge in [-0.25, -0.2) is 9.18 Å². The number of halogens is 4. The molecule has 0 aromatic heterocycles. The molecule has 0 heterocycles. The third-order valence-electron chi connectivity index (χ3n) is 3.69. The number of anilines is 1. The minimum atomic E-state index is -2.05. The predicted octanol–water partition coefficient (Wildman–Crippen LogP) is 5.54. The van der Waals surface area contributed by atoms with Gasteiger partial charge in [-0.2, -0.15) is 0 Å². The molecule has 2 aromatic carbocycles. The van der Waals surface area contributed by atoms with E-state index in [-0.39, 0.29) is 34.7 Å². The van der Waals surface area contributed by atoms with E-state index in [1.807, 2.05) is 0 Å². The first-order valence-electron chi connectivity index (χ1n) is 8.26. The van der Waals surface area contributed by atoms with Crippen LogP contribution in [-0.4, -0.2) is 23.2 Å². The van der Waals surface area contributed by atoms with E-state index < -0.39 is 12.1 Å². The lowest BCUT2D eigenvalue weighted by Crippen LogP contribution is -2.17. The van der Waals surface area contributed by atoms with Gasteiger partial charge in [0.05, 0.1) is 10.0 Å². The van der Waals surface area contributed by atoms with E-state index in [0.29, 0.717) is 28.3 Å². The maximum atomic E-state index is 13.4. The topological polar surface area (TPSA) is 75.6 Å². The largest absolute Gasteiger partial charge is 0.486 e. The van der Waals surface area contributed by atoms with Gasteiger partial charge >= 0.3 is 5.97 Å². The summed E-state index contributed by atoms with van der Waals surface area (Å²) in [5.74, 6) is -1.53. The summed E-state index contributed by atoms with van der Waals surface area (Å²) in [4.78, 5) is 22.2. The Labute approximate surface area is 176 Å². The van der Waals surface area contributed by atoms with E-state index in [0.717, 1.165) is 0 Å². The minimum Gasteiger partial charge on any atom is -0.486 e. The molecule has 150 valence electrons. The molecule has 0 saturated heterocycles. The van der Waals surface area contributed by atoms with Crippen molar-refractivity contribution in [1.82, 2.24) is 0 Å². The van der Waals surface area contributed by atoms with Crippen LogP contribution >= 0.6 is 34.8 Å². The Morgan fingerprint density at radius 1 is 1.11 bits per heavy atom. The number of carbonyl (C=O) groups excluding carboxylic acids is 1. The average molecular weight is 449 g/mol. The number of amides is 1. The van der Waals surface area contributed by atoms with Gasteiger partial charge in [0, 0.05) is 23.6 Å². The molecule has 2 aromatic rings. The molecule has 2 rings (SSSR count). The van der Waals surface area contributed by atoms with Crippen LogP contribution in [-0.2, 0) is 22.6 Å². The van der Waals surface area contributed by atoms with Crippen molar-refractivity contribution in [3.63, 3.8) is 0 Å². The quantitative estimate of drug-likeness (QED) is 0.556. The molecule has 1 unspecified atom stereocenters. The highest BCUT2D eigenvalue weighted by Crippen LogP contribution is 2.35. The van der Waals surface area contributed by atoms with Crippen LogP contribution < -0.4 is 10.1 Å². The first-order chi connectivity index (χ1) is 13.2.